The second-order valence-electron chi connectivity index (χ2n) is 7.22. The van der Waals surface area contributed by atoms with Gasteiger partial charge in [0.05, 0.1) is 24.7 Å². The number of fused-ring (bicyclic) bond motifs is 1. The third kappa shape index (κ3) is 3.66. The number of imidazole rings is 1. The van der Waals surface area contributed by atoms with Crippen molar-refractivity contribution >= 4 is 22.9 Å². The number of ether oxygens (including phenoxy) is 1. The van der Waals surface area contributed by atoms with Gasteiger partial charge in [-0.25, -0.2) is 15.0 Å². The van der Waals surface area contributed by atoms with Crippen molar-refractivity contribution in [3.05, 3.63) is 58.5 Å². The van der Waals surface area contributed by atoms with Gasteiger partial charge in [0.1, 0.15) is 5.76 Å². The average Bonchev–Trinajstić information content (AvgIpc) is 3.48. The first-order valence-corrected chi connectivity index (χ1v) is 10.9. The normalized spacial score (nSPS) is 16.5. The van der Waals surface area contributed by atoms with Crippen LogP contribution in [0.2, 0.25) is 0 Å². The van der Waals surface area contributed by atoms with Crippen molar-refractivity contribution in [2.45, 2.75) is 43.3 Å². The Hall–Kier alpha value is -2.91. The molecule has 1 N–H and O–H groups in total. The molecule has 0 bridgehead atoms. The Bertz CT molecular complexity index is 1220. The summed E-state index contributed by atoms with van der Waals surface area (Å²) in [4.78, 5) is 28.4. The molecule has 8 nitrogen and oxygen atoms in total. The van der Waals surface area contributed by atoms with E-state index in [1.807, 2.05) is 41.8 Å². The molecule has 1 fully saturated rings. The van der Waals surface area contributed by atoms with Crippen molar-refractivity contribution in [2.75, 3.05) is 6.61 Å². The lowest BCUT2D eigenvalue weighted by Crippen LogP contribution is -2.16. The Morgan fingerprint density at radius 1 is 1.27 bits per heavy atom. The molecule has 1 atom stereocenters. The number of H-pyrrole nitrogens is 1. The van der Waals surface area contributed by atoms with E-state index in [9.17, 15) is 4.79 Å². The largest absolute Gasteiger partial charge is 0.441 e. The lowest BCUT2D eigenvalue weighted by molar-refractivity contribution is 0.0958. The fourth-order valence-corrected chi connectivity index (χ4v) is 4.60. The molecule has 0 radical (unpaired) electrons. The van der Waals surface area contributed by atoms with Crippen LogP contribution in [0, 0.1) is 6.92 Å². The number of hydrogen-bond acceptors (Lipinski definition) is 7. The van der Waals surface area contributed by atoms with Gasteiger partial charge in [0.15, 0.2) is 16.3 Å². The van der Waals surface area contributed by atoms with Gasteiger partial charge in [-0.15, -0.1) is 0 Å². The van der Waals surface area contributed by atoms with Gasteiger partial charge >= 0.3 is 0 Å². The molecule has 3 aromatic heterocycles. The van der Waals surface area contributed by atoms with E-state index in [4.69, 9.17) is 9.15 Å². The number of rotatable bonds is 6. The Labute approximate surface area is 176 Å². The molecule has 9 heteroatoms. The molecule has 5 rings (SSSR count). The Kier molecular flexibility index (Phi) is 5.14. The average molecular weight is 423 g/mol. The number of aromatic nitrogens is 5. The summed E-state index contributed by atoms with van der Waals surface area (Å²) >= 11 is 1.52. The molecule has 1 saturated heterocycles. The quantitative estimate of drug-likeness (QED) is 0.474. The highest BCUT2D eigenvalue weighted by molar-refractivity contribution is 7.98. The zero-order chi connectivity index (χ0) is 20.5. The van der Waals surface area contributed by atoms with Crippen LogP contribution in [-0.4, -0.2) is 37.2 Å². The SMILES string of the molecule is Cc1oc(-c2ccccc2)nc1CSc1nc2c(=O)[nH]cnc2n1C[C@H]1CCCO1. The molecule has 0 aliphatic carbocycles. The number of nitrogens with one attached hydrogen (secondary N) is 1. The number of aryl methyl sites for hydroxylation is 1. The van der Waals surface area contributed by atoms with Crippen molar-refractivity contribution < 1.29 is 9.15 Å². The highest BCUT2D eigenvalue weighted by Crippen LogP contribution is 2.29. The molecule has 30 heavy (non-hydrogen) atoms. The summed E-state index contributed by atoms with van der Waals surface area (Å²) < 4.78 is 13.6. The number of oxazole rings is 1. The monoisotopic (exact) mass is 423 g/mol. The van der Waals surface area contributed by atoms with Crippen molar-refractivity contribution in [1.29, 1.82) is 0 Å². The summed E-state index contributed by atoms with van der Waals surface area (Å²) in [5.74, 6) is 1.96. The van der Waals surface area contributed by atoms with E-state index in [0.29, 0.717) is 29.4 Å². The van der Waals surface area contributed by atoms with Crippen LogP contribution in [0.15, 0.2) is 51.0 Å². The van der Waals surface area contributed by atoms with E-state index in [-0.39, 0.29) is 11.7 Å². The van der Waals surface area contributed by atoms with Crippen LogP contribution in [0.5, 0.6) is 0 Å². The van der Waals surface area contributed by atoms with Gasteiger partial charge in [-0.3, -0.25) is 4.79 Å². The fraction of sp³-hybridized carbons (Fsp3) is 0.333. The molecule has 1 aliphatic rings. The van der Waals surface area contributed by atoms with E-state index >= 15 is 0 Å². The summed E-state index contributed by atoms with van der Waals surface area (Å²) in [6, 6.07) is 9.83. The van der Waals surface area contributed by atoms with E-state index in [1.54, 1.807) is 0 Å². The van der Waals surface area contributed by atoms with Crippen molar-refractivity contribution in [1.82, 2.24) is 24.5 Å². The second-order valence-corrected chi connectivity index (χ2v) is 8.16. The minimum Gasteiger partial charge on any atom is -0.441 e. The fourth-order valence-electron chi connectivity index (χ4n) is 3.59. The molecule has 0 saturated carbocycles. The third-order valence-corrected chi connectivity index (χ3v) is 6.15. The van der Waals surface area contributed by atoms with Gasteiger partial charge in [-0.1, -0.05) is 30.0 Å². The van der Waals surface area contributed by atoms with Gasteiger partial charge < -0.3 is 18.7 Å². The molecular weight excluding hydrogens is 402 g/mol. The molecule has 0 spiro atoms. The Balaban J connectivity index is 1.43. The highest BCUT2D eigenvalue weighted by Gasteiger charge is 2.22. The Morgan fingerprint density at radius 3 is 2.93 bits per heavy atom. The summed E-state index contributed by atoms with van der Waals surface area (Å²) in [5, 5.41) is 0.730. The van der Waals surface area contributed by atoms with Crippen molar-refractivity contribution in [3.63, 3.8) is 0 Å². The van der Waals surface area contributed by atoms with Crippen molar-refractivity contribution in [2.24, 2.45) is 0 Å². The standard InChI is InChI=1S/C21H21N5O3S/c1-13-16(24-20(29-13)14-6-3-2-4-7-14)11-30-21-25-17-18(22-12-23-19(17)27)26(21)10-15-8-5-9-28-15/h2-4,6-7,12,15H,5,8-11H2,1H3,(H,22,23,27)/t15-/m1/s1. The van der Waals surface area contributed by atoms with Crippen LogP contribution in [0.1, 0.15) is 24.3 Å². The third-order valence-electron chi connectivity index (χ3n) is 5.16. The number of benzene rings is 1. The lowest BCUT2D eigenvalue weighted by atomic mass is 10.2. The van der Waals surface area contributed by atoms with E-state index in [0.717, 1.165) is 41.6 Å². The highest BCUT2D eigenvalue weighted by atomic mass is 32.2. The summed E-state index contributed by atoms with van der Waals surface area (Å²) in [6.45, 7) is 3.31. The van der Waals surface area contributed by atoms with E-state index in [1.165, 1.54) is 18.1 Å². The minimum atomic E-state index is -0.239. The molecule has 1 aromatic carbocycles. The maximum absolute atomic E-state index is 12.2. The molecule has 0 unspecified atom stereocenters. The van der Waals surface area contributed by atoms with Crippen LogP contribution < -0.4 is 5.56 Å². The maximum Gasteiger partial charge on any atom is 0.278 e. The zero-order valence-electron chi connectivity index (χ0n) is 16.5. The molecule has 1 aliphatic heterocycles. The van der Waals surface area contributed by atoms with Gasteiger partial charge in [0.25, 0.3) is 5.56 Å². The number of hydrogen-bond donors (Lipinski definition) is 1. The molecule has 0 amide bonds. The molecular formula is C21H21N5O3S. The molecule has 4 aromatic rings. The molecule has 154 valence electrons. The predicted molar refractivity (Wildman–Crippen MR) is 113 cm³/mol. The van der Waals surface area contributed by atoms with Crippen LogP contribution in [0.3, 0.4) is 0 Å². The smallest absolute Gasteiger partial charge is 0.278 e. The number of nitrogens with zero attached hydrogens (tertiary/aromatic N) is 4. The van der Waals surface area contributed by atoms with E-state index < -0.39 is 0 Å². The summed E-state index contributed by atoms with van der Waals surface area (Å²) in [6.07, 6.45) is 3.58. The summed E-state index contributed by atoms with van der Waals surface area (Å²) in [5.41, 5.74) is 2.49. The van der Waals surface area contributed by atoms with Crippen LogP contribution in [0.25, 0.3) is 22.6 Å². The van der Waals surface area contributed by atoms with E-state index in [2.05, 4.69) is 19.9 Å². The maximum atomic E-state index is 12.2. The molecule has 4 heterocycles. The van der Waals surface area contributed by atoms with Gasteiger partial charge in [-0.05, 0) is 31.9 Å². The topological polar surface area (TPSA) is 98.8 Å². The first kappa shape index (κ1) is 19.1. The van der Waals surface area contributed by atoms with Gasteiger partial charge in [-0.2, -0.15) is 0 Å². The minimum absolute atomic E-state index is 0.112. The lowest BCUT2D eigenvalue weighted by Gasteiger charge is -2.13. The van der Waals surface area contributed by atoms with Crippen LogP contribution >= 0.6 is 11.8 Å². The first-order valence-electron chi connectivity index (χ1n) is 9.89. The van der Waals surface area contributed by atoms with Crippen molar-refractivity contribution in [3.8, 4) is 11.5 Å². The number of thioether (sulfide) groups is 1. The van der Waals surface area contributed by atoms with Gasteiger partial charge in [0.2, 0.25) is 5.89 Å². The first-order chi connectivity index (χ1) is 14.7. The van der Waals surface area contributed by atoms with Crippen LogP contribution in [-0.2, 0) is 17.0 Å². The van der Waals surface area contributed by atoms with Crippen LogP contribution in [0.4, 0.5) is 0 Å². The predicted octanol–water partition coefficient (Wildman–Crippen LogP) is 3.55. The zero-order valence-corrected chi connectivity index (χ0v) is 17.3. The Morgan fingerprint density at radius 2 is 2.13 bits per heavy atom. The number of aromatic amines is 1. The second kappa shape index (κ2) is 8.08. The summed E-state index contributed by atoms with van der Waals surface area (Å²) in [7, 11) is 0. The van der Waals surface area contributed by atoms with Gasteiger partial charge in [0, 0.05) is 17.9 Å².